The van der Waals surface area contributed by atoms with E-state index in [0.717, 1.165) is 55.9 Å². The Morgan fingerprint density at radius 2 is 1.75 bits per heavy atom. The molecule has 2 atom stereocenters. The summed E-state index contributed by atoms with van der Waals surface area (Å²) in [7, 11) is 0. The van der Waals surface area contributed by atoms with Crippen molar-refractivity contribution in [2.45, 2.75) is 68.1 Å². The second-order valence-corrected chi connectivity index (χ2v) is 11.0. The van der Waals surface area contributed by atoms with E-state index < -0.39 is 29.3 Å². The quantitative estimate of drug-likeness (QED) is 0.458. The summed E-state index contributed by atoms with van der Waals surface area (Å²) in [5, 5.41) is 5.32. The number of hydrogen-bond acceptors (Lipinski definition) is 6. The first-order chi connectivity index (χ1) is 19.1. The minimum absolute atomic E-state index is 0.125. The van der Waals surface area contributed by atoms with Gasteiger partial charge >= 0.3 is 6.18 Å². The van der Waals surface area contributed by atoms with Gasteiger partial charge in [0.25, 0.3) is 5.91 Å². The van der Waals surface area contributed by atoms with Gasteiger partial charge in [-0.05, 0) is 36.6 Å². The Kier molecular flexibility index (Phi) is 8.19. The van der Waals surface area contributed by atoms with Crippen LogP contribution >= 0.6 is 0 Å². The Balaban J connectivity index is 1.17. The minimum atomic E-state index is -4.56. The normalized spacial score (nSPS) is 25.2. The van der Waals surface area contributed by atoms with Gasteiger partial charge in [-0.1, -0.05) is 55.7 Å². The highest BCUT2D eigenvalue weighted by Gasteiger charge is 2.59. The number of carbonyl (C=O) groups is 2. The average Bonchev–Trinajstić information content (AvgIpc) is 3.31. The molecule has 2 amide bonds. The lowest BCUT2D eigenvalue weighted by molar-refractivity contribution is -0.137. The number of carbonyl (C=O) groups excluding carboxylic acids is 2. The van der Waals surface area contributed by atoms with E-state index in [4.69, 9.17) is 15.2 Å². The molecule has 3 aliphatic rings. The molecule has 2 unspecified atom stereocenters. The molecular weight excluding hydrogens is 525 g/mol. The highest BCUT2D eigenvalue weighted by molar-refractivity contribution is 5.96. The fourth-order valence-electron chi connectivity index (χ4n) is 6.32. The lowest BCUT2D eigenvalue weighted by atomic mass is 9.70. The Morgan fingerprint density at radius 1 is 1.02 bits per heavy atom. The highest BCUT2D eigenvalue weighted by Crippen LogP contribution is 2.46. The number of nitrogens with two attached hydrogens (primary N) is 1. The molecule has 2 aromatic carbocycles. The topological polar surface area (TPSA) is 106 Å². The van der Waals surface area contributed by atoms with Crippen LogP contribution in [0.1, 0.15) is 53.6 Å². The average molecular weight is 561 g/mol. The summed E-state index contributed by atoms with van der Waals surface area (Å²) in [5.74, 6) is -1.14. The van der Waals surface area contributed by atoms with Crippen molar-refractivity contribution in [3.8, 4) is 0 Å². The second kappa shape index (κ2) is 11.5. The van der Waals surface area contributed by atoms with Crippen LogP contribution in [0.4, 0.5) is 13.2 Å². The van der Waals surface area contributed by atoms with Crippen LogP contribution in [-0.2, 0) is 26.9 Å². The molecule has 40 heavy (non-hydrogen) atoms. The summed E-state index contributed by atoms with van der Waals surface area (Å²) < 4.78 is 51.1. The standard InChI is InChI=1S/C29H35F3N4O4/c30-29(31,32)22-11-7-10-21(14-22)25(38)34-16-24(37)35-23-17-36(18-23)27(12-5-2-6-13-27)26-28(33,40-19-39-26)15-20-8-3-1-4-9-20/h1,3-4,7-11,14,23,26H,2,5-6,12-13,15-19,33H2,(H,34,38)(H,35,37). The Hall–Kier alpha value is -2.99. The predicted octanol–water partition coefficient (Wildman–Crippen LogP) is 3.21. The SMILES string of the molecule is NC1(Cc2ccccc2)OCOC1C1(N2CC(NC(=O)CNC(=O)c3cccc(C(F)(F)F)c3)C2)CCCCC1. The number of halogens is 3. The molecule has 2 saturated heterocycles. The second-order valence-electron chi connectivity index (χ2n) is 11.0. The largest absolute Gasteiger partial charge is 0.416 e. The molecule has 2 heterocycles. The van der Waals surface area contributed by atoms with E-state index in [1.54, 1.807) is 0 Å². The Bertz CT molecular complexity index is 1200. The molecule has 8 nitrogen and oxygen atoms in total. The third kappa shape index (κ3) is 6.02. The molecule has 0 bridgehead atoms. The van der Waals surface area contributed by atoms with Crippen molar-refractivity contribution in [3.63, 3.8) is 0 Å². The Labute approximate surface area is 231 Å². The van der Waals surface area contributed by atoms with Crippen LogP contribution in [0.15, 0.2) is 54.6 Å². The van der Waals surface area contributed by atoms with Crippen LogP contribution < -0.4 is 16.4 Å². The van der Waals surface area contributed by atoms with Gasteiger partial charge < -0.3 is 25.8 Å². The molecule has 0 aromatic heterocycles. The number of hydrogen-bond donors (Lipinski definition) is 3. The summed E-state index contributed by atoms with van der Waals surface area (Å²) in [5.41, 5.74) is 5.61. The van der Waals surface area contributed by atoms with Crippen molar-refractivity contribution in [2.24, 2.45) is 5.73 Å². The van der Waals surface area contributed by atoms with E-state index in [9.17, 15) is 22.8 Å². The summed E-state index contributed by atoms with van der Waals surface area (Å²) >= 11 is 0. The molecule has 2 aliphatic heterocycles. The van der Waals surface area contributed by atoms with Gasteiger partial charge in [-0.15, -0.1) is 0 Å². The van der Waals surface area contributed by atoms with E-state index in [1.165, 1.54) is 6.07 Å². The maximum absolute atomic E-state index is 12.9. The zero-order valence-electron chi connectivity index (χ0n) is 22.2. The van der Waals surface area contributed by atoms with Crippen molar-refractivity contribution < 1.29 is 32.2 Å². The zero-order valence-corrected chi connectivity index (χ0v) is 22.2. The molecule has 11 heteroatoms. The van der Waals surface area contributed by atoms with E-state index in [-0.39, 0.29) is 36.6 Å². The molecule has 5 rings (SSSR count). The van der Waals surface area contributed by atoms with Gasteiger partial charge in [-0.25, -0.2) is 0 Å². The smallest absolute Gasteiger partial charge is 0.349 e. The van der Waals surface area contributed by atoms with Gasteiger partial charge in [0.2, 0.25) is 5.91 Å². The number of amides is 2. The first kappa shape index (κ1) is 28.5. The number of benzene rings is 2. The van der Waals surface area contributed by atoms with Crippen molar-refractivity contribution in [1.82, 2.24) is 15.5 Å². The predicted molar refractivity (Wildman–Crippen MR) is 141 cm³/mol. The summed E-state index contributed by atoms with van der Waals surface area (Å²) in [4.78, 5) is 27.2. The first-order valence-electron chi connectivity index (χ1n) is 13.7. The number of nitrogens with one attached hydrogen (secondary N) is 2. The fraction of sp³-hybridized carbons (Fsp3) is 0.517. The van der Waals surface area contributed by atoms with Crippen molar-refractivity contribution >= 4 is 11.8 Å². The minimum Gasteiger partial charge on any atom is -0.349 e. The van der Waals surface area contributed by atoms with Crippen LogP contribution in [0, 0.1) is 0 Å². The van der Waals surface area contributed by atoms with Gasteiger partial charge in [0.05, 0.1) is 23.7 Å². The Morgan fingerprint density at radius 3 is 2.45 bits per heavy atom. The number of ether oxygens (including phenoxy) is 2. The third-order valence-electron chi connectivity index (χ3n) is 8.27. The van der Waals surface area contributed by atoms with Gasteiger partial charge in [-0.2, -0.15) is 13.2 Å². The van der Waals surface area contributed by atoms with Gasteiger partial charge in [0, 0.05) is 25.1 Å². The summed E-state index contributed by atoms with van der Waals surface area (Å²) in [6, 6.07) is 14.0. The van der Waals surface area contributed by atoms with Gasteiger partial charge in [0.15, 0.2) is 5.72 Å². The number of nitrogens with zero attached hydrogens (tertiary/aromatic N) is 1. The zero-order chi connectivity index (χ0) is 28.4. The fourth-order valence-corrected chi connectivity index (χ4v) is 6.32. The molecular formula is C29H35F3N4O4. The monoisotopic (exact) mass is 560 g/mol. The summed E-state index contributed by atoms with van der Waals surface area (Å²) in [6.45, 7) is 1.01. The van der Waals surface area contributed by atoms with Crippen LogP contribution in [0.25, 0.3) is 0 Å². The summed E-state index contributed by atoms with van der Waals surface area (Å²) in [6.07, 6.45) is 0.729. The molecule has 0 spiro atoms. The van der Waals surface area contributed by atoms with E-state index in [0.29, 0.717) is 19.5 Å². The van der Waals surface area contributed by atoms with Gasteiger partial charge in [-0.3, -0.25) is 14.5 Å². The third-order valence-corrected chi connectivity index (χ3v) is 8.27. The van der Waals surface area contributed by atoms with Crippen LogP contribution in [0.3, 0.4) is 0 Å². The molecule has 1 saturated carbocycles. The highest BCUT2D eigenvalue weighted by atomic mass is 19.4. The number of likely N-dealkylation sites (tertiary alicyclic amines) is 1. The lowest BCUT2D eigenvalue weighted by Gasteiger charge is -2.57. The van der Waals surface area contributed by atoms with Crippen LogP contribution in [-0.4, -0.2) is 66.6 Å². The molecule has 216 valence electrons. The molecule has 0 radical (unpaired) electrons. The van der Waals surface area contributed by atoms with E-state index in [2.05, 4.69) is 15.5 Å². The maximum atomic E-state index is 12.9. The molecule has 1 aliphatic carbocycles. The lowest BCUT2D eigenvalue weighted by Crippen LogP contribution is -2.74. The van der Waals surface area contributed by atoms with Crippen molar-refractivity contribution in [1.29, 1.82) is 0 Å². The van der Waals surface area contributed by atoms with Crippen molar-refractivity contribution in [3.05, 3.63) is 71.3 Å². The molecule has 3 fully saturated rings. The first-order valence-corrected chi connectivity index (χ1v) is 13.7. The number of alkyl halides is 3. The molecule has 2 aromatic rings. The van der Waals surface area contributed by atoms with Crippen molar-refractivity contribution in [2.75, 3.05) is 26.4 Å². The van der Waals surface area contributed by atoms with Gasteiger partial charge in [0.1, 0.15) is 12.9 Å². The van der Waals surface area contributed by atoms with Crippen LogP contribution in [0.5, 0.6) is 0 Å². The van der Waals surface area contributed by atoms with Crippen LogP contribution in [0.2, 0.25) is 0 Å². The molecule has 4 N–H and O–H groups in total. The number of rotatable bonds is 8. The maximum Gasteiger partial charge on any atom is 0.416 e. The van der Waals surface area contributed by atoms with E-state index >= 15 is 0 Å². The van der Waals surface area contributed by atoms with E-state index in [1.807, 2.05) is 30.3 Å².